The fourth-order valence-corrected chi connectivity index (χ4v) is 2.79. The highest BCUT2D eigenvalue weighted by atomic mass is 16.1. The topological polar surface area (TPSA) is 50.2 Å². The highest BCUT2D eigenvalue weighted by Crippen LogP contribution is 2.28. The fourth-order valence-electron chi connectivity index (χ4n) is 2.79. The van der Waals surface area contributed by atoms with Crippen LogP contribution in [0.15, 0.2) is 48.7 Å². The lowest BCUT2D eigenvalue weighted by molar-refractivity contribution is 0.102. The predicted octanol–water partition coefficient (Wildman–Crippen LogP) is 4.02. The minimum atomic E-state index is -0.168. The van der Waals surface area contributed by atoms with Crippen molar-refractivity contribution in [2.24, 2.45) is 7.05 Å². The highest BCUT2D eigenvalue weighted by Gasteiger charge is 2.15. The minimum absolute atomic E-state index is 0.168. The Labute approximate surface area is 154 Å². The van der Waals surface area contributed by atoms with Gasteiger partial charge >= 0.3 is 0 Å². The van der Waals surface area contributed by atoms with Gasteiger partial charge in [0.2, 0.25) is 0 Å². The van der Waals surface area contributed by atoms with Crippen LogP contribution in [0, 0.1) is 13.8 Å². The van der Waals surface area contributed by atoms with Gasteiger partial charge in [0.1, 0.15) is 0 Å². The summed E-state index contributed by atoms with van der Waals surface area (Å²) >= 11 is 0. The summed E-state index contributed by atoms with van der Waals surface area (Å²) in [7, 11) is 5.80. The molecule has 1 N–H and O–H groups in total. The van der Waals surface area contributed by atoms with Crippen LogP contribution < -0.4 is 10.2 Å². The van der Waals surface area contributed by atoms with E-state index in [2.05, 4.69) is 42.5 Å². The van der Waals surface area contributed by atoms with Gasteiger partial charge in [-0.05, 0) is 54.8 Å². The number of hydrogen-bond donors (Lipinski definition) is 1. The Hall–Kier alpha value is -3.08. The van der Waals surface area contributed by atoms with Crippen molar-refractivity contribution in [2.45, 2.75) is 13.8 Å². The van der Waals surface area contributed by atoms with Gasteiger partial charge in [-0.2, -0.15) is 5.10 Å². The molecule has 0 bridgehead atoms. The summed E-state index contributed by atoms with van der Waals surface area (Å²) in [4.78, 5) is 14.6. The lowest BCUT2D eigenvalue weighted by Gasteiger charge is -2.12. The maximum Gasteiger partial charge on any atom is 0.256 e. The van der Waals surface area contributed by atoms with E-state index in [9.17, 15) is 4.79 Å². The van der Waals surface area contributed by atoms with Crippen LogP contribution >= 0.6 is 0 Å². The van der Waals surface area contributed by atoms with E-state index in [-0.39, 0.29) is 5.91 Å². The smallest absolute Gasteiger partial charge is 0.256 e. The quantitative estimate of drug-likeness (QED) is 0.775. The zero-order chi connectivity index (χ0) is 18.8. The molecular formula is C21H24N4O. The zero-order valence-corrected chi connectivity index (χ0v) is 15.9. The molecule has 1 heterocycles. The highest BCUT2D eigenvalue weighted by molar-refractivity contribution is 6.05. The zero-order valence-electron chi connectivity index (χ0n) is 15.9. The molecule has 0 fully saturated rings. The second kappa shape index (κ2) is 7.04. The van der Waals surface area contributed by atoms with E-state index in [1.165, 1.54) is 11.1 Å². The first kappa shape index (κ1) is 17.7. The van der Waals surface area contributed by atoms with Crippen LogP contribution in [0.5, 0.6) is 0 Å². The lowest BCUT2D eigenvalue weighted by atomic mass is 10.0. The van der Waals surface area contributed by atoms with Crippen molar-refractivity contribution in [3.63, 3.8) is 0 Å². The second-order valence-corrected chi connectivity index (χ2v) is 6.76. The van der Waals surface area contributed by atoms with Gasteiger partial charge in [0.05, 0.1) is 0 Å². The third-order valence-corrected chi connectivity index (χ3v) is 4.52. The van der Waals surface area contributed by atoms with Crippen molar-refractivity contribution in [3.8, 4) is 11.1 Å². The summed E-state index contributed by atoms with van der Waals surface area (Å²) in [5.41, 5.74) is 6.06. The molecule has 1 aromatic heterocycles. The van der Waals surface area contributed by atoms with Crippen molar-refractivity contribution in [3.05, 3.63) is 65.4 Å². The molecule has 2 aromatic carbocycles. The van der Waals surface area contributed by atoms with Crippen LogP contribution in [-0.4, -0.2) is 29.8 Å². The second-order valence-electron chi connectivity index (χ2n) is 6.76. The van der Waals surface area contributed by atoms with E-state index in [0.29, 0.717) is 11.4 Å². The molecule has 1 amide bonds. The summed E-state index contributed by atoms with van der Waals surface area (Å²) in [6.45, 7) is 4.17. The van der Waals surface area contributed by atoms with Crippen LogP contribution in [0.3, 0.4) is 0 Å². The number of hydrogen-bond acceptors (Lipinski definition) is 3. The summed E-state index contributed by atoms with van der Waals surface area (Å²) in [5, 5.41) is 7.37. The number of carbonyl (C=O) groups excluding carboxylic acids is 1. The van der Waals surface area contributed by atoms with Gasteiger partial charge in [-0.1, -0.05) is 18.2 Å². The normalized spacial score (nSPS) is 10.7. The Morgan fingerprint density at radius 3 is 2.35 bits per heavy atom. The molecule has 0 aliphatic heterocycles. The molecule has 0 saturated heterocycles. The number of nitrogens with zero attached hydrogens (tertiary/aromatic N) is 3. The molecule has 3 aromatic rings. The van der Waals surface area contributed by atoms with Crippen LogP contribution in [0.25, 0.3) is 11.1 Å². The Morgan fingerprint density at radius 1 is 1.04 bits per heavy atom. The van der Waals surface area contributed by atoms with Crippen molar-refractivity contribution < 1.29 is 4.79 Å². The van der Waals surface area contributed by atoms with Crippen LogP contribution in [0.4, 0.5) is 11.5 Å². The Balaban J connectivity index is 1.88. The number of nitrogens with one attached hydrogen (secondary N) is 1. The van der Waals surface area contributed by atoms with Crippen LogP contribution in [0.1, 0.15) is 21.5 Å². The van der Waals surface area contributed by atoms with Gasteiger partial charge in [-0.25, -0.2) is 0 Å². The molecule has 0 radical (unpaired) electrons. The third-order valence-electron chi connectivity index (χ3n) is 4.52. The number of rotatable bonds is 4. The van der Waals surface area contributed by atoms with E-state index < -0.39 is 0 Å². The number of carbonyl (C=O) groups is 1. The first-order chi connectivity index (χ1) is 12.3. The van der Waals surface area contributed by atoms with Gasteiger partial charge in [-0.15, -0.1) is 0 Å². The van der Waals surface area contributed by atoms with Crippen molar-refractivity contribution >= 4 is 17.4 Å². The van der Waals surface area contributed by atoms with Gasteiger partial charge in [-0.3, -0.25) is 9.48 Å². The maximum atomic E-state index is 12.6. The Bertz CT molecular complexity index is 939. The molecule has 0 atom stereocenters. The first-order valence-corrected chi connectivity index (χ1v) is 8.55. The largest absolute Gasteiger partial charge is 0.378 e. The van der Waals surface area contributed by atoms with E-state index in [1.54, 1.807) is 4.68 Å². The molecule has 26 heavy (non-hydrogen) atoms. The van der Waals surface area contributed by atoms with Gasteiger partial charge in [0.15, 0.2) is 5.82 Å². The average Bonchev–Trinajstić information content (AvgIpc) is 2.97. The Kier molecular flexibility index (Phi) is 4.80. The molecule has 0 saturated carbocycles. The van der Waals surface area contributed by atoms with Gasteiger partial charge < -0.3 is 10.2 Å². The molecule has 0 aliphatic rings. The number of benzene rings is 2. The van der Waals surface area contributed by atoms with Crippen molar-refractivity contribution in [1.29, 1.82) is 0 Å². The van der Waals surface area contributed by atoms with E-state index in [0.717, 1.165) is 16.8 Å². The maximum absolute atomic E-state index is 12.6. The van der Waals surface area contributed by atoms with Gasteiger partial charge in [0.25, 0.3) is 5.91 Å². The first-order valence-electron chi connectivity index (χ1n) is 8.55. The summed E-state index contributed by atoms with van der Waals surface area (Å²) in [6, 6.07) is 13.8. The SMILES string of the molecule is Cc1ccc(-c2cn(C)nc2NC(=O)c2ccc(N(C)C)cc2)cc1C. The molecule has 5 nitrogen and oxygen atoms in total. The van der Waals surface area contributed by atoms with Gasteiger partial charge in [0, 0.05) is 44.2 Å². The fraction of sp³-hybridized carbons (Fsp3) is 0.238. The monoisotopic (exact) mass is 348 g/mol. The predicted molar refractivity (Wildman–Crippen MR) is 107 cm³/mol. The molecule has 0 spiro atoms. The molecule has 134 valence electrons. The van der Waals surface area contributed by atoms with E-state index >= 15 is 0 Å². The number of amides is 1. The summed E-state index contributed by atoms with van der Waals surface area (Å²) < 4.78 is 1.72. The van der Waals surface area contributed by atoms with Crippen molar-refractivity contribution in [1.82, 2.24) is 9.78 Å². The molecule has 0 aliphatic carbocycles. The third kappa shape index (κ3) is 3.61. The van der Waals surface area contributed by atoms with E-state index in [1.807, 2.05) is 56.5 Å². The number of aromatic nitrogens is 2. The molecular weight excluding hydrogens is 324 g/mol. The number of aryl methyl sites for hydroxylation is 3. The minimum Gasteiger partial charge on any atom is -0.378 e. The van der Waals surface area contributed by atoms with E-state index in [4.69, 9.17) is 0 Å². The van der Waals surface area contributed by atoms with Crippen LogP contribution in [0.2, 0.25) is 0 Å². The number of anilines is 2. The summed E-state index contributed by atoms with van der Waals surface area (Å²) in [6.07, 6.45) is 1.93. The summed E-state index contributed by atoms with van der Waals surface area (Å²) in [5.74, 6) is 0.400. The average molecular weight is 348 g/mol. The van der Waals surface area contributed by atoms with Crippen LogP contribution in [-0.2, 0) is 7.05 Å². The standard InChI is InChI=1S/C21H24N4O/c1-14-6-7-17(12-15(14)2)19-13-25(5)23-20(19)22-21(26)16-8-10-18(11-9-16)24(3)4/h6-13H,1-5H3,(H,22,23,26). The molecule has 3 rings (SSSR count). The van der Waals surface area contributed by atoms with Crippen molar-refractivity contribution in [2.75, 3.05) is 24.3 Å². The molecule has 0 unspecified atom stereocenters. The Morgan fingerprint density at radius 2 is 1.73 bits per heavy atom. The lowest BCUT2D eigenvalue weighted by Crippen LogP contribution is -2.14. The molecule has 5 heteroatoms.